The lowest BCUT2D eigenvalue weighted by atomic mass is 9.85. The number of ether oxygens (including phenoxy) is 3. The van der Waals surface area contributed by atoms with Gasteiger partial charge >= 0.3 is 12.1 Å². The van der Waals surface area contributed by atoms with Crippen molar-refractivity contribution < 1.29 is 23.8 Å². The molecule has 0 aliphatic heterocycles. The van der Waals surface area contributed by atoms with Gasteiger partial charge in [0.05, 0.1) is 13.0 Å². The molecule has 0 aromatic heterocycles. The SMILES string of the molecule is COC(=O)C1CC(C)C=CC1OC(=O)OC(C)(C)C. The molecule has 1 aliphatic rings. The van der Waals surface area contributed by atoms with Crippen LogP contribution in [-0.4, -0.2) is 30.9 Å². The van der Waals surface area contributed by atoms with Gasteiger partial charge in [-0.15, -0.1) is 0 Å². The molecule has 19 heavy (non-hydrogen) atoms. The van der Waals surface area contributed by atoms with Gasteiger partial charge in [-0.3, -0.25) is 4.79 Å². The predicted octanol–water partition coefficient (Wildman–Crippen LogP) is 2.69. The highest BCUT2D eigenvalue weighted by atomic mass is 16.7. The van der Waals surface area contributed by atoms with Crippen LogP contribution in [0.4, 0.5) is 4.79 Å². The summed E-state index contributed by atoms with van der Waals surface area (Å²) in [4.78, 5) is 23.3. The molecular weight excluding hydrogens is 248 g/mol. The molecule has 3 unspecified atom stereocenters. The molecule has 0 bridgehead atoms. The zero-order valence-electron chi connectivity index (χ0n) is 12.1. The van der Waals surface area contributed by atoms with Gasteiger partial charge in [-0.05, 0) is 39.2 Å². The van der Waals surface area contributed by atoms with Crippen molar-refractivity contribution in [2.45, 2.75) is 45.8 Å². The van der Waals surface area contributed by atoms with Gasteiger partial charge in [-0.1, -0.05) is 13.0 Å². The zero-order chi connectivity index (χ0) is 14.6. The first-order chi connectivity index (χ1) is 8.73. The summed E-state index contributed by atoms with van der Waals surface area (Å²) < 4.78 is 15.0. The number of allylic oxidation sites excluding steroid dienone is 1. The highest BCUT2D eigenvalue weighted by Crippen LogP contribution is 2.27. The Morgan fingerprint density at radius 2 is 1.84 bits per heavy atom. The Morgan fingerprint density at radius 1 is 1.21 bits per heavy atom. The van der Waals surface area contributed by atoms with E-state index in [-0.39, 0.29) is 11.9 Å². The number of carbonyl (C=O) groups excluding carboxylic acids is 2. The fourth-order valence-corrected chi connectivity index (χ4v) is 1.93. The Hall–Kier alpha value is -1.52. The molecule has 0 saturated carbocycles. The van der Waals surface area contributed by atoms with Crippen molar-refractivity contribution in [2.24, 2.45) is 11.8 Å². The van der Waals surface area contributed by atoms with Crippen LogP contribution < -0.4 is 0 Å². The van der Waals surface area contributed by atoms with E-state index < -0.39 is 23.8 Å². The van der Waals surface area contributed by atoms with Crippen LogP contribution >= 0.6 is 0 Å². The van der Waals surface area contributed by atoms with E-state index in [9.17, 15) is 9.59 Å². The summed E-state index contributed by atoms with van der Waals surface area (Å²) in [5.41, 5.74) is -0.622. The lowest BCUT2D eigenvalue weighted by Crippen LogP contribution is -2.37. The molecule has 1 rings (SSSR count). The third-order valence-electron chi connectivity index (χ3n) is 2.78. The first-order valence-electron chi connectivity index (χ1n) is 6.38. The van der Waals surface area contributed by atoms with E-state index >= 15 is 0 Å². The van der Waals surface area contributed by atoms with Gasteiger partial charge in [0.25, 0.3) is 0 Å². The van der Waals surface area contributed by atoms with Crippen LogP contribution in [0.1, 0.15) is 34.1 Å². The maximum atomic E-state index is 11.7. The summed E-state index contributed by atoms with van der Waals surface area (Å²) in [6.07, 6.45) is 2.84. The molecule has 0 N–H and O–H groups in total. The largest absolute Gasteiger partial charge is 0.509 e. The monoisotopic (exact) mass is 270 g/mol. The molecule has 0 fully saturated rings. The van der Waals surface area contributed by atoms with Gasteiger partial charge < -0.3 is 14.2 Å². The van der Waals surface area contributed by atoms with E-state index in [1.54, 1.807) is 26.8 Å². The summed E-state index contributed by atoms with van der Waals surface area (Å²) in [7, 11) is 1.33. The molecule has 5 heteroatoms. The van der Waals surface area contributed by atoms with Crippen molar-refractivity contribution >= 4 is 12.1 Å². The highest BCUT2D eigenvalue weighted by molar-refractivity contribution is 5.74. The maximum Gasteiger partial charge on any atom is 0.509 e. The lowest BCUT2D eigenvalue weighted by molar-refractivity contribution is -0.150. The fraction of sp³-hybridized carbons (Fsp3) is 0.714. The van der Waals surface area contributed by atoms with Crippen LogP contribution in [0, 0.1) is 11.8 Å². The molecule has 3 atom stereocenters. The van der Waals surface area contributed by atoms with Crippen molar-refractivity contribution in [1.82, 2.24) is 0 Å². The van der Waals surface area contributed by atoms with Gasteiger partial charge in [0.2, 0.25) is 0 Å². The first-order valence-corrected chi connectivity index (χ1v) is 6.38. The zero-order valence-corrected chi connectivity index (χ0v) is 12.1. The molecule has 0 saturated heterocycles. The van der Waals surface area contributed by atoms with Crippen molar-refractivity contribution in [3.63, 3.8) is 0 Å². The highest BCUT2D eigenvalue weighted by Gasteiger charge is 2.35. The van der Waals surface area contributed by atoms with E-state index in [0.29, 0.717) is 6.42 Å². The summed E-state index contributed by atoms with van der Waals surface area (Å²) in [5.74, 6) is -0.593. The van der Waals surface area contributed by atoms with Gasteiger partial charge in [0.15, 0.2) is 0 Å². The van der Waals surface area contributed by atoms with Crippen LogP contribution in [0.15, 0.2) is 12.2 Å². The van der Waals surface area contributed by atoms with Gasteiger partial charge in [-0.2, -0.15) is 0 Å². The summed E-state index contributed by atoms with van der Waals surface area (Å²) in [6.45, 7) is 7.26. The molecule has 0 aromatic rings. The molecule has 0 amide bonds. The van der Waals surface area contributed by atoms with Crippen LogP contribution in [-0.2, 0) is 19.0 Å². The number of hydrogen-bond acceptors (Lipinski definition) is 5. The summed E-state index contributed by atoms with van der Waals surface area (Å²) in [5, 5.41) is 0. The minimum atomic E-state index is -0.773. The van der Waals surface area contributed by atoms with Crippen LogP contribution in [0.2, 0.25) is 0 Å². The first kappa shape index (κ1) is 15.5. The topological polar surface area (TPSA) is 61.8 Å². The maximum absolute atomic E-state index is 11.7. The number of carbonyl (C=O) groups is 2. The van der Waals surface area contributed by atoms with Gasteiger partial charge in [0, 0.05) is 0 Å². The molecule has 0 aromatic carbocycles. The Kier molecular flexibility index (Phi) is 4.97. The standard InChI is InChI=1S/C14H22O5/c1-9-6-7-11(10(8-9)12(15)17-5)18-13(16)19-14(2,3)4/h6-7,9-11H,8H2,1-5H3. The normalized spacial score (nSPS) is 26.7. The average molecular weight is 270 g/mol. The molecule has 1 aliphatic carbocycles. The van der Waals surface area contributed by atoms with Crippen molar-refractivity contribution in [3.8, 4) is 0 Å². The number of hydrogen-bond donors (Lipinski definition) is 0. The smallest absolute Gasteiger partial charge is 0.469 e. The number of methoxy groups -OCH3 is 1. The second-order valence-electron chi connectivity index (χ2n) is 5.77. The van der Waals surface area contributed by atoms with Gasteiger partial charge in [-0.25, -0.2) is 4.79 Å². The Morgan fingerprint density at radius 3 is 2.37 bits per heavy atom. The van der Waals surface area contributed by atoms with E-state index in [1.807, 2.05) is 13.0 Å². The number of rotatable bonds is 2. The summed E-state index contributed by atoms with van der Waals surface area (Å²) in [6, 6.07) is 0. The second kappa shape index (κ2) is 6.08. The third-order valence-corrected chi connectivity index (χ3v) is 2.78. The van der Waals surface area contributed by atoms with Crippen LogP contribution in [0.5, 0.6) is 0 Å². The Balaban J connectivity index is 2.70. The lowest BCUT2D eigenvalue weighted by Gasteiger charge is -2.29. The van der Waals surface area contributed by atoms with Crippen molar-refractivity contribution in [1.29, 1.82) is 0 Å². The quantitative estimate of drug-likeness (QED) is 0.570. The van der Waals surface area contributed by atoms with Crippen molar-refractivity contribution in [3.05, 3.63) is 12.2 Å². The molecule has 108 valence electrons. The Bertz CT molecular complexity index is 367. The second-order valence-corrected chi connectivity index (χ2v) is 5.77. The van der Waals surface area contributed by atoms with Crippen LogP contribution in [0.25, 0.3) is 0 Å². The van der Waals surface area contributed by atoms with Gasteiger partial charge in [0.1, 0.15) is 11.7 Å². The number of esters is 1. The fourth-order valence-electron chi connectivity index (χ4n) is 1.93. The molecule has 0 heterocycles. The third kappa shape index (κ3) is 4.93. The molecule has 5 nitrogen and oxygen atoms in total. The Labute approximate surface area is 113 Å². The molecular formula is C14H22O5. The van der Waals surface area contributed by atoms with E-state index in [0.717, 1.165) is 0 Å². The van der Waals surface area contributed by atoms with Crippen molar-refractivity contribution in [2.75, 3.05) is 7.11 Å². The molecule has 0 spiro atoms. The predicted molar refractivity (Wildman–Crippen MR) is 69.5 cm³/mol. The van der Waals surface area contributed by atoms with E-state index in [1.165, 1.54) is 7.11 Å². The van der Waals surface area contributed by atoms with E-state index in [2.05, 4.69) is 0 Å². The molecule has 0 radical (unpaired) electrons. The van der Waals surface area contributed by atoms with Crippen LogP contribution in [0.3, 0.4) is 0 Å². The average Bonchev–Trinajstić information content (AvgIpc) is 2.28. The minimum absolute atomic E-state index is 0.252. The minimum Gasteiger partial charge on any atom is -0.469 e. The van der Waals surface area contributed by atoms with E-state index in [4.69, 9.17) is 14.2 Å². The summed E-state index contributed by atoms with van der Waals surface area (Å²) >= 11 is 0.